The van der Waals surface area contributed by atoms with Gasteiger partial charge in [-0.1, -0.05) is 36.0 Å². The van der Waals surface area contributed by atoms with E-state index in [4.69, 9.17) is 4.74 Å². The minimum atomic E-state index is -0.450. The Kier molecular flexibility index (Phi) is 4.99. The summed E-state index contributed by atoms with van der Waals surface area (Å²) in [4.78, 5) is 23.1. The van der Waals surface area contributed by atoms with E-state index < -0.39 is 10.9 Å². The number of hydrogen-bond donors (Lipinski definition) is 0. The van der Waals surface area contributed by atoms with Crippen molar-refractivity contribution in [3.8, 4) is 0 Å². The Bertz CT molecular complexity index is 939. The molecule has 0 atom stereocenters. The van der Waals surface area contributed by atoms with Crippen LogP contribution in [0, 0.1) is 10.1 Å². The molecule has 128 valence electrons. The van der Waals surface area contributed by atoms with Crippen LogP contribution in [-0.2, 0) is 10.5 Å². The summed E-state index contributed by atoms with van der Waals surface area (Å²) in [5.74, 6) is -0.123. The van der Waals surface area contributed by atoms with Crippen LogP contribution >= 0.6 is 11.8 Å². The fraction of sp³-hybridized carbons (Fsp3) is 0.176. The van der Waals surface area contributed by atoms with E-state index in [0.29, 0.717) is 27.4 Å². The highest BCUT2D eigenvalue weighted by atomic mass is 32.2. The molecule has 2 aromatic heterocycles. The number of carbonyl (C=O) groups is 1. The van der Waals surface area contributed by atoms with Gasteiger partial charge in [0, 0.05) is 23.6 Å². The van der Waals surface area contributed by atoms with Crippen LogP contribution in [0.25, 0.3) is 5.52 Å². The molecule has 0 amide bonds. The number of nitro benzene ring substituents is 1. The van der Waals surface area contributed by atoms with Crippen molar-refractivity contribution in [1.82, 2.24) is 9.61 Å². The molecule has 0 N–H and O–H groups in total. The summed E-state index contributed by atoms with van der Waals surface area (Å²) in [5, 5.41) is 16.0. The Labute approximate surface area is 147 Å². The molecule has 1 aromatic carbocycles. The second kappa shape index (κ2) is 7.35. The molecule has 0 fully saturated rings. The third-order valence-electron chi connectivity index (χ3n) is 3.54. The maximum atomic E-state index is 12.3. The van der Waals surface area contributed by atoms with Crippen molar-refractivity contribution in [1.29, 1.82) is 0 Å². The van der Waals surface area contributed by atoms with E-state index in [0.717, 1.165) is 0 Å². The molecule has 0 aliphatic rings. The van der Waals surface area contributed by atoms with Gasteiger partial charge in [-0.15, -0.1) is 0 Å². The lowest BCUT2D eigenvalue weighted by molar-refractivity contribution is -0.385. The standard InChI is InChI=1S/C17H15N3O4S/c1-2-24-17(21)15-14-9-5-6-10-19(14)18-16(15)25-11-12-7-3-4-8-13(12)20(22)23/h3-10H,2,11H2,1H3. The summed E-state index contributed by atoms with van der Waals surface area (Å²) < 4.78 is 6.74. The summed E-state index contributed by atoms with van der Waals surface area (Å²) in [6.45, 7) is 2.00. The molecule has 0 aliphatic carbocycles. The lowest BCUT2D eigenvalue weighted by atomic mass is 10.2. The van der Waals surface area contributed by atoms with Crippen LogP contribution in [0.5, 0.6) is 0 Å². The molecule has 0 bridgehead atoms. The number of hydrogen-bond acceptors (Lipinski definition) is 6. The molecule has 0 unspecified atom stereocenters. The van der Waals surface area contributed by atoms with Gasteiger partial charge in [0.1, 0.15) is 10.6 Å². The van der Waals surface area contributed by atoms with Crippen LogP contribution in [0.15, 0.2) is 53.7 Å². The number of rotatable bonds is 6. The lowest BCUT2D eigenvalue weighted by Gasteiger charge is -2.04. The van der Waals surface area contributed by atoms with Gasteiger partial charge >= 0.3 is 5.97 Å². The van der Waals surface area contributed by atoms with Gasteiger partial charge in [0.25, 0.3) is 5.69 Å². The van der Waals surface area contributed by atoms with Crippen molar-refractivity contribution in [2.24, 2.45) is 0 Å². The predicted molar refractivity (Wildman–Crippen MR) is 93.8 cm³/mol. The lowest BCUT2D eigenvalue weighted by Crippen LogP contribution is -2.05. The average molecular weight is 357 g/mol. The van der Waals surface area contributed by atoms with E-state index in [1.54, 1.807) is 41.9 Å². The summed E-state index contributed by atoms with van der Waals surface area (Å²) in [6.07, 6.45) is 1.74. The molecule has 3 rings (SSSR count). The Balaban J connectivity index is 1.95. The first kappa shape index (κ1) is 17.0. The van der Waals surface area contributed by atoms with Crippen LogP contribution in [-0.4, -0.2) is 27.1 Å². The maximum absolute atomic E-state index is 12.3. The van der Waals surface area contributed by atoms with E-state index in [9.17, 15) is 14.9 Å². The monoisotopic (exact) mass is 357 g/mol. The van der Waals surface area contributed by atoms with Crippen LogP contribution in [0.3, 0.4) is 0 Å². The van der Waals surface area contributed by atoms with E-state index in [1.807, 2.05) is 12.1 Å². The number of aromatic nitrogens is 2. The van der Waals surface area contributed by atoms with Gasteiger partial charge in [0.2, 0.25) is 0 Å². The zero-order chi connectivity index (χ0) is 17.8. The molecule has 0 radical (unpaired) electrons. The molecule has 2 heterocycles. The number of pyridine rings is 1. The summed E-state index contributed by atoms with van der Waals surface area (Å²) in [6, 6.07) is 12.0. The molecular weight excluding hydrogens is 342 g/mol. The number of fused-ring (bicyclic) bond motifs is 1. The average Bonchev–Trinajstić information content (AvgIpc) is 2.98. The summed E-state index contributed by atoms with van der Waals surface area (Å²) in [7, 11) is 0. The maximum Gasteiger partial charge on any atom is 0.343 e. The van der Waals surface area contributed by atoms with Gasteiger partial charge in [-0.2, -0.15) is 5.10 Å². The van der Waals surface area contributed by atoms with Crippen molar-refractivity contribution in [3.05, 3.63) is 69.9 Å². The van der Waals surface area contributed by atoms with Crippen molar-refractivity contribution in [2.75, 3.05) is 6.61 Å². The van der Waals surface area contributed by atoms with Gasteiger partial charge in [-0.05, 0) is 19.1 Å². The normalized spacial score (nSPS) is 10.8. The minimum Gasteiger partial charge on any atom is -0.462 e. The molecule has 0 saturated heterocycles. The number of para-hydroxylation sites is 1. The molecule has 3 aromatic rings. The predicted octanol–water partition coefficient (Wildman–Crippen LogP) is 3.71. The van der Waals surface area contributed by atoms with Gasteiger partial charge in [-0.25, -0.2) is 9.31 Å². The number of nitrogens with zero attached hydrogens (tertiary/aromatic N) is 3. The molecular formula is C17H15N3O4S. The SMILES string of the molecule is CCOC(=O)c1c(SCc2ccccc2[N+](=O)[O-])nn2ccccc12. The largest absolute Gasteiger partial charge is 0.462 e. The van der Waals surface area contributed by atoms with Crippen molar-refractivity contribution in [3.63, 3.8) is 0 Å². The van der Waals surface area contributed by atoms with E-state index in [1.165, 1.54) is 17.8 Å². The van der Waals surface area contributed by atoms with Crippen molar-refractivity contribution in [2.45, 2.75) is 17.7 Å². The van der Waals surface area contributed by atoms with Crippen LogP contribution in [0.1, 0.15) is 22.8 Å². The number of thioether (sulfide) groups is 1. The van der Waals surface area contributed by atoms with E-state index in [2.05, 4.69) is 5.10 Å². The Morgan fingerprint density at radius 2 is 2.04 bits per heavy atom. The third-order valence-corrected chi connectivity index (χ3v) is 4.55. The Morgan fingerprint density at radius 3 is 2.80 bits per heavy atom. The number of esters is 1. The Morgan fingerprint density at radius 1 is 1.28 bits per heavy atom. The first-order valence-electron chi connectivity index (χ1n) is 7.61. The van der Waals surface area contributed by atoms with Crippen molar-refractivity contribution < 1.29 is 14.5 Å². The highest BCUT2D eigenvalue weighted by Gasteiger charge is 2.22. The molecule has 0 saturated carbocycles. The molecule has 7 nitrogen and oxygen atoms in total. The van der Waals surface area contributed by atoms with Crippen LogP contribution in [0.4, 0.5) is 5.69 Å². The van der Waals surface area contributed by atoms with Crippen molar-refractivity contribution >= 4 is 28.9 Å². The second-order valence-corrected chi connectivity index (χ2v) is 6.07. The van der Waals surface area contributed by atoms with Gasteiger partial charge in [-0.3, -0.25) is 10.1 Å². The quantitative estimate of drug-likeness (QED) is 0.289. The third kappa shape index (κ3) is 3.48. The van der Waals surface area contributed by atoms with E-state index in [-0.39, 0.29) is 12.3 Å². The minimum absolute atomic E-state index is 0.0523. The summed E-state index contributed by atoms with van der Waals surface area (Å²) in [5.41, 5.74) is 1.65. The first-order chi connectivity index (χ1) is 12.1. The number of nitro groups is 1. The number of ether oxygens (including phenoxy) is 1. The molecule has 8 heteroatoms. The highest BCUT2D eigenvalue weighted by molar-refractivity contribution is 7.98. The molecule has 25 heavy (non-hydrogen) atoms. The summed E-state index contributed by atoms with van der Waals surface area (Å²) >= 11 is 1.27. The Hall–Kier alpha value is -2.87. The van der Waals surface area contributed by atoms with Gasteiger partial charge in [0.15, 0.2) is 0 Å². The van der Waals surface area contributed by atoms with Gasteiger partial charge < -0.3 is 4.74 Å². The first-order valence-corrected chi connectivity index (χ1v) is 8.60. The molecule has 0 aliphatic heterocycles. The van der Waals surface area contributed by atoms with E-state index >= 15 is 0 Å². The topological polar surface area (TPSA) is 86.7 Å². The van der Waals surface area contributed by atoms with Gasteiger partial charge in [0.05, 0.1) is 17.0 Å². The zero-order valence-corrected chi connectivity index (χ0v) is 14.2. The van der Waals surface area contributed by atoms with Crippen LogP contribution in [0.2, 0.25) is 0 Å². The molecule has 0 spiro atoms. The van der Waals surface area contributed by atoms with Crippen LogP contribution < -0.4 is 0 Å². The fourth-order valence-corrected chi connectivity index (χ4v) is 3.44. The fourth-order valence-electron chi connectivity index (χ4n) is 2.43. The highest BCUT2D eigenvalue weighted by Crippen LogP contribution is 2.31. The number of carbonyl (C=O) groups excluding carboxylic acids is 1. The number of benzene rings is 1. The smallest absolute Gasteiger partial charge is 0.343 e. The second-order valence-electron chi connectivity index (χ2n) is 5.11. The zero-order valence-electron chi connectivity index (χ0n) is 13.4.